The smallest absolute Gasteiger partial charge is 0.258 e. The highest BCUT2D eigenvalue weighted by atomic mass is 32.2. The van der Waals surface area contributed by atoms with E-state index in [1.165, 1.54) is 20.9 Å². The first-order valence-electron chi connectivity index (χ1n) is 7.43. The second-order valence-electron chi connectivity index (χ2n) is 5.46. The van der Waals surface area contributed by atoms with E-state index >= 15 is 0 Å². The number of hydrogen-bond acceptors (Lipinski definition) is 4. The third kappa shape index (κ3) is 3.46. The number of methoxy groups -OCH3 is 1. The van der Waals surface area contributed by atoms with E-state index in [1.54, 1.807) is 30.2 Å². The first-order chi connectivity index (χ1) is 11.1. The Morgan fingerprint density at radius 1 is 1.35 bits per heavy atom. The first-order valence-corrected chi connectivity index (χ1v) is 9.23. The Morgan fingerprint density at radius 2 is 2.17 bits per heavy atom. The Morgan fingerprint density at radius 3 is 2.96 bits per heavy atom. The van der Waals surface area contributed by atoms with Gasteiger partial charge in [-0.3, -0.25) is 4.79 Å². The lowest BCUT2D eigenvalue weighted by Crippen LogP contribution is -2.24. The molecule has 1 aliphatic rings. The van der Waals surface area contributed by atoms with E-state index < -0.39 is 0 Å². The molecule has 2 aromatic rings. The van der Waals surface area contributed by atoms with Crippen LogP contribution in [0.5, 0.6) is 5.75 Å². The van der Waals surface area contributed by atoms with Crippen LogP contribution in [0.4, 0.5) is 0 Å². The highest BCUT2D eigenvalue weighted by molar-refractivity contribution is 8.03. The Balaban J connectivity index is 1.69. The van der Waals surface area contributed by atoms with E-state index in [1.807, 2.05) is 30.3 Å². The molecule has 0 bridgehead atoms. The summed E-state index contributed by atoms with van der Waals surface area (Å²) in [6.07, 6.45) is 2.02. The van der Waals surface area contributed by atoms with Gasteiger partial charge >= 0.3 is 0 Å². The van der Waals surface area contributed by atoms with Gasteiger partial charge in [0.05, 0.1) is 12.0 Å². The molecule has 0 unspecified atom stereocenters. The summed E-state index contributed by atoms with van der Waals surface area (Å²) in [5, 5.41) is 2.99. The van der Waals surface area contributed by atoms with Gasteiger partial charge < -0.3 is 10.1 Å². The monoisotopic (exact) mass is 345 g/mol. The van der Waals surface area contributed by atoms with Crippen molar-refractivity contribution in [3.63, 3.8) is 0 Å². The number of aryl methyl sites for hydroxylation is 1. The van der Waals surface area contributed by atoms with Crippen molar-refractivity contribution >= 4 is 35.1 Å². The quantitative estimate of drug-likeness (QED) is 0.899. The van der Waals surface area contributed by atoms with Gasteiger partial charge in [0, 0.05) is 22.1 Å². The van der Waals surface area contributed by atoms with Gasteiger partial charge in [0.15, 0.2) is 0 Å². The molecule has 0 radical (unpaired) electrons. The van der Waals surface area contributed by atoms with Gasteiger partial charge in [-0.05, 0) is 48.7 Å². The lowest BCUT2D eigenvalue weighted by molar-refractivity contribution is -0.116. The van der Waals surface area contributed by atoms with Crippen molar-refractivity contribution in [2.24, 2.45) is 0 Å². The molecule has 5 heteroatoms. The zero-order valence-corrected chi connectivity index (χ0v) is 15.1. The molecule has 0 atom stereocenters. The number of amides is 1. The predicted molar refractivity (Wildman–Crippen MR) is 97.9 cm³/mol. The average Bonchev–Trinajstić information content (AvgIpc) is 2.86. The fourth-order valence-electron chi connectivity index (χ4n) is 2.49. The summed E-state index contributed by atoms with van der Waals surface area (Å²) in [5.41, 5.74) is 3.77. The molecule has 3 rings (SSSR count). The molecule has 1 amide bonds. The number of thioether (sulfide) groups is 1. The number of rotatable bonds is 4. The standard InChI is InChI=1S/C18H19NO2S2/c1-11-12(2)23-16-8-17(22-10-15(11)16)18(20)19-9-13-5-4-6-14(7-13)21-3/h4-8H,9-10H2,1-3H3,(H,19,20). The highest BCUT2D eigenvalue weighted by Gasteiger charge is 2.20. The molecule has 1 N–H and O–H groups in total. The summed E-state index contributed by atoms with van der Waals surface area (Å²) in [5.74, 6) is 1.67. The Hall–Kier alpha value is -1.72. The largest absolute Gasteiger partial charge is 0.497 e. The summed E-state index contributed by atoms with van der Waals surface area (Å²) in [6, 6.07) is 7.74. The van der Waals surface area contributed by atoms with Crippen molar-refractivity contribution in [3.05, 3.63) is 55.6 Å². The molecule has 2 heterocycles. The van der Waals surface area contributed by atoms with Crippen molar-refractivity contribution in [2.45, 2.75) is 26.1 Å². The van der Waals surface area contributed by atoms with Crippen molar-refractivity contribution in [1.82, 2.24) is 5.32 Å². The molecule has 120 valence electrons. The lowest BCUT2D eigenvalue weighted by Gasteiger charge is -2.14. The summed E-state index contributed by atoms with van der Waals surface area (Å²) >= 11 is 3.39. The first kappa shape index (κ1) is 16.1. The molecule has 3 nitrogen and oxygen atoms in total. The molecule has 1 aromatic heterocycles. The second kappa shape index (κ2) is 6.81. The fourth-order valence-corrected chi connectivity index (χ4v) is 4.86. The lowest BCUT2D eigenvalue weighted by atomic mass is 10.1. The molecule has 0 aliphatic carbocycles. The SMILES string of the molecule is COc1cccc(CNC(=O)C2=Cc3sc(C)c(C)c3CS2)c1. The number of fused-ring (bicyclic) bond motifs is 1. The summed E-state index contributed by atoms with van der Waals surface area (Å²) in [6.45, 7) is 4.80. The number of ether oxygens (including phenoxy) is 1. The van der Waals surface area contributed by atoms with Crippen molar-refractivity contribution in [3.8, 4) is 5.75 Å². The molecular formula is C18H19NO2S2. The maximum absolute atomic E-state index is 12.4. The van der Waals surface area contributed by atoms with E-state index in [-0.39, 0.29) is 5.91 Å². The van der Waals surface area contributed by atoms with Gasteiger partial charge in [0.1, 0.15) is 5.75 Å². The van der Waals surface area contributed by atoms with E-state index in [9.17, 15) is 4.79 Å². The van der Waals surface area contributed by atoms with Crippen molar-refractivity contribution in [2.75, 3.05) is 7.11 Å². The van der Waals surface area contributed by atoms with E-state index in [2.05, 4.69) is 19.2 Å². The van der Waals surface area contributed by atoms with Gasteiger partial charge in [-0.15, -0.1) is 23.1 Å². The minimum atomic E-state index is -0.00724. The molecule has 1 aromatic carbocycles. The van der Waals surface area contributed by atoms with Crippen molar-refractivity contribution < 1.29 is 9.53 Å². The zero-order chi connectivity index (χ0) is 16.4. The van der Waals surface area contributed by atoms with Crippen LogP contribution in [0.3, 0.4) is 0 Å². The van der Waals surface area contributed by atoms with Crippen LogP contribution in [0.15, 0.2) is 29.2 Å². The normalized spacial score (nSPS) is 13.3. The number of carbonyl (C=O) groups is 1. The third-order valence-corrected chi connectivity index (χ3v) is 6.23. The molecule has 0 fully saturated rings. The van der Waals surface area contributed by atoms with Crippen LogP contribution in [-0.4, -0.2) is 13.0 Å². The second-order valence-corrected chi connectivity index (χ2v) is 7.73. The van der Waals surface area contributed by atoms with Gasteiger partial charge in [-0.25, -0.2) is 0 Å². The van der Waals surface area contributed by atoms with Gasteiger partial charge in [0.25, 0.3) is 5.91 Å². The number of nitrogens with one attached hydrogen (secondary N) is 1. The fraction of sp³-hybridized carbons (Fsp3) is 0.278. The van der Waals surface area contributed by atoms with Crippen molar-refractivity contribution in [1.29, 1.82) is 0 Å². The maximum Gasteiger partial charge on any atom is 0.258 e. The minimum Gasteiger partial charge on any atom is -0.497 e. The minimum absolute atomic E-state index is 0.00724. The van der Waals surface area contributed by atoms with Gasteiger partial charge in [-0.2, -0.15) is 0 Å². The number of thiophene rings is 1. The molecule has 23 heavy (non-hydrogen) atoms. The highest BCUT2D eigenvalue weighted by Crippen LogP contribution is 2.39. The van der Waals surface area contributed by atoms with Crippen LogP contribution in [0.25, 0.3) is 6.08 Å². The van der Waals surface area contributed by atoms with Crippen LogP contribution < -0.4 is 10.1 Å². The van der Waals surface area contributed by atoms with E-state index in [0.717, 1.165) is 22.0 Å². The molecular weight excluding hydrogens is 326 g/mol. The van der Waals surface area contributed by atoms with Crippen LogP contribution in [0.2, 0.25) is 0 Å². The summed E-state index contributed by atoms with van der Waals surface area (Å²) in [4.78, 5) is 15.8. The number of hydrogen-bond donors (Lipinski definition) is 1. The molecule has 0 saturated heterocycles. The maximum atomic E-state index is 12.4. The Bertz CT molecular complexity index is 777. The van der Waals surface area contributed by atoms with Gasteiger partial charge in [0.2, 0.25) is 0 Å². The number of benzene rings is 1. The molecule has 0 saturated carbocycles. The van der Waals surface area contributed by atoms with Crippen LogP contribution >= 0.6 is 23.1 Å². The predicted octanol–water partition coefficient (Wildman–Crippen LogP) is 4.28. The topological polar surface area (TPSA) is 38.3 Å². The van der Waals surface area contributed by atoms with Crippen LogP contribution in [0.1, 0.15) is 26.4 Å². The Kier molecular flexibility index (Phi) is 4.78. The van der Waals surface area contributed by atoms with Crippen LogP contribution in [0, 0.1) is 13.8 Å². The van der Waals surface area contributed by atoms with E-state index in [4.69, 9.17) is 4.74 Å². The zero-order valence-electron chi connectivity index (χ0n) is 13.4. The third-order valence-electron chi connectivity index (χ3n) is 3.99. The Labute approximate surface area is 144 Å². The summed E-state index contributed by atoms with van der Waals surface area (Å²) in [7, 11) is 1.64. The van der Waals surface area contributed by atoms with Gasteiger partial charge in [-0.1, -0.05) is 12.1 Å². The number of carbonyl (C=O) groups excluding carboxylic acids is 1. The van der Waals surface area contributed by atoms with E-state index in [0.29, 0.717) is 6.54 Å². The molecule has 1 aliphatic heterocycles. The average molecular weight is 345 g/mol. The van der Waals surface area contributed by atoms with Crippen LogP contribution in [-0.2, 0) is 17.1 Å². The molecule has 0 spiro atoms. The summed E-state index contributed by atoms with van der Waals surface area (Å²) < 4.78 is 5.20.